The average Bonchev–Trinajstić information content (AvgIpc) is 2.16. The van der Waals surface area contributed by atoms with Crippen LogP contribution in [0.5, 0.6) is 0 Å². The van der Waals surface area contributed by atoms with E-state index in [1.807, 2.05) is 0 Å². The largest absolute Gasteiger partial charge is 0.478 e. The number of nitriles is 1. The molecule has 0 heterocycles. The van der Waals surface area contributed by atoms with Crippen molar-refractivity contribution in [3.8, 4) is 6.07 Å². The molecule has 0 saturated carbocycles. The molecule has 0 spiro atoms. The Kier molecular flexibility index (Phi) is 3.07. The summed E-state index contributed by atoms with van der Waals surface area (Å²) < 4.78 is 0. The average molecular weight is 212 g/mol. The number of aromatic carboxylic acids is 1. The summed E-state index contributed by atoms with van der Waals surface area (Å²) in [6, 6.07) is 4.30. The third kappa shape index (κ3) is 1.69. The molecule has 0 unspecified atom stereocenters. The van der Waals surface area contributed by atoms with Gasteiger partial charge in [0.15, 0.2) is 0 Å². The molecule has 72 valence electrons. The number of hydrogen-bond donors (Lipinski definition) is 2. The van der Waals surface area contributed by atoms with E-state index in [4.69, 9.17) is 27.1 Å². The zero-order valence-corrected chi connectivity index (χ0v) is 7.75. The molecule has 0 bridgehead atoms. The third-order valence-electron chi connectivity index (χ3n) is 1.76. The minimum Gasteiger partial charge on any atom is -0.478 e. The molecule has 0 saturated heterocycles. The molecule has 0 fully saturated rings. The summed E-state index contributed by atoms with van der Waals surface area (Å²) in [5.41, 5.74) is -0.0949. The van der Waals surface area contributed by atoms with Crippen LogP contribution in [0.25, 0.3) is 0 Å². The van der Waals surface area contributed by atoms with Crippen LogP contribution >= 0.6 is 11.6 Å². The molecule has 4 nitrogen and oxygen atoms in total. The van der Waals surface area contributed by atoms with E-state index in [1.165, 1.54) is 12.1 Å². The molecule has 0 atom stereocenters. The molecule has 1 aromatic rings. The summed E-state index contributed by atoms with van der Waals surface area (Å²) in [4.78, 5) is 10.7. The van der Waals surface area contributed by atoms with Crippen LogP contribution in [-0.4, -0.2) is 16.2 Å². The van der Waals surface area contributed by atoms with Crippen LogP contribution in [0, 0.1) is 11.3 Å². The van der Waals surface area contributed by atoms with E-state index in [1.54, 1.807) is 6.07 Å². The van der Waals surface area contributed by atoms with Gasteiger partial charge in [0.2, 0.25) is 0 Å². The second-order valence-corrected chi connectivity index (χ2v) is 2.93. The van der Waals surface area contributed by atoms with Crippen molar-refractivity contribution < 1.29 is 15.0 Å². The zero-order valence-electron chi connectivity index (χ0n) is 6.99. The van der Waals surface area contributed by atoms with Gasteiger partial charge in [-0.15, -0.1) is 0 Å². The normalized spacial score (nSPS) is 9.50. The van der Waals surface area contributed by atoms with Gasteiger partial charge in [-0.05, 0) is 12.1 Å². The summed E-state index contributed by atoms with van der Waals surface area (Å²) in [7, 11) is 0. The lowest BCUT2D eigenvalue weighted by atomic mass is 10.0. The van der Waals surface area contributed by atoms with Gasteiger partial charge >= 0.3 is 5.97 Å². The van der Waals surface area contributed by atoms with Gasteiger partial charge in [-0.3, -0.25) is 0 Å². The molecule has 0 aliphatic heterocycles. The van der Waals surface area contributed by atoms with Gasteiger partial charge in [-0.1, -0.05) is 11.6 Å². The van der Waals surface area contributed by atoms with Gasteiger partial charge in [0.1, 0.15) is 6.07 Å². The lowest BCUT2D eigenvalue weighted by Gasteiger charge is -2.05. The first kappa shape index (κ1) is 10.5. The van der Waals surface area contributed by atoms with Gasteiger partial charge in [-0.25, -0.2) is 4.79 Å². The minimum absolute atomic E-state index is 0.0903. The fourth-order valence-corrected chi connectivity index (χ4v) is 1.30. The smallest absolute Gasteiger partial charge is 0.337 e. The number of carboxylic acids is 1. The highest BCUT2D eigenvalue weighted by Gasteiger charge is 2.15. The van der Waals surface area contributed by atoms with Crippen molar-refractivity contribution in [2.45, 2.75) is 6.61 Å². The quantitative estimate of drug-likeness (QED) is 0.775. The van der Waals surface area contributed by atoms with Crippen molar-refractivity contribution >= 4 is 17.6 Å². The van der Waals surface area contributed by atoms with Crippen molar-refractivity contribution in [1.29, 1.82) is 5.26 Å². The Hall–Kier alpha value is -1.57. The fraction of sp³-hybridized carbons (Fsp3) is 0.111. The number of carbonyl (C=O) groups is 1. The molecule has 14 heavy (non-hydrogen) atoms. The van der Waals surface area contributed by atoms with E-state index < -0.39 is 12.6 Å². The molecular weight excluding hydrogens is 206 g/mol. The van der Waals surface area contributed by atoms with Crippen LogP contribution in [0.1, 0.15) is 21.5 Å². The Morgan fingerprint density at radius 2 is 2.21 bits per heavy atom. The second kappa shape index (κ2) is 4.09. The summed E-state index contributed by atoms with van der Waals surface area (Å²) in [6.07, 6.45) is 0. The Bertz CT molecular complexity index is 423. The van der Waals surface area contributed by atoms with Gasteiger partial charge in [0.25, 0.3) is 0 Å². The first-order valence-corrected chi connectivity index (χ1v) is 4.05. The van der Waals surface area contributed by atoms with E-state index >= 15 is 0 Å². The Balaban J connectivity index is 3.50. The first-order valence-electron chi connectivity index (χ1n) is 3.67. The molecule has 1 rings (SSSR count). The highest BCUT2D eigenvalue weighted by Crippen LogP contribution is 2.23. The fourth-order valence-electron chi connectivity index (χ4n) is 1.08. The predicted molar refractivity (Wildman–Crippen MR) is 49.0 cm³/mol. The Morgan fingerprint density at radius 1 is 1.57 bits per heavy atom. The van der Waals surface area contributed by atoms with E-state index in [0.29, 0.717) is 0 Å². The number of halogens is 1. The number of aliphatic hydroxyl groups is 1. The van der Waals surface area contributed by atoms with Crippen LogP contribution < -0.4 is 0 Å². The molecule has 0 aliphatic rings. The second-order valence-electron chi connectivity index (χ2n) is 2.52. The van der Waals surface area contributed by atoms with Crippen LogP contribution in [0.2, 0.25) is 5.02 Å². The van der Waals surface area contributed by atoms with E-state index in [2.05, 4.69) is 0 Å². The maximum Gasteiger partial charge on any atom is 0.337 e. The van der Waals surface area contributed by atoms with E-state index in [9.17, 15) is 4.79 Å². The molecular formula is C9H6ClNO3. The number of aliphatic hydroxyl groups excluding tert-OH is 1. The van der Waals surface area contributed by atoms with Crippen LogP contribution in [0.15, 0.2) is 12.1 Å². The molecule has 1 aromatic carbocycles. The van der Waals surface area contributed by atoms with Gasteiger partial charge in [0, 0.05) is 10.6 Å². The molecule has 5 heteroatoms. The minimum atomic E-state index is -1.21. The van der Waals surface area contributed by atoms with Crippen LogP contribution in [-0.2, 0) is 6.61 Å². The Morgan fingerprint density at radius 3 is 2.64 bits per heavy atom. The van der Waals surface area contributed by atoms with E-state index in [-0.39, 0.29) is 21.7 Å². The number of hydrogen-bond acceptors (Lipinski definition) is 3. The zero-order chi connectivity index (χ0) is 10.7. The topological polar surface area (TPSA) is 81.3 Å². The molecule has 0 aromatic heterocycles. The van der Waals surface area contributed by atoms with Crippen molar-refractivity contribution in [3.63, 3.8) is 0 Å². The van der Waals surface area contributed by atoms with Crippen LogP contribution in [0.4, 0.5) is 0 Å². The molecule has 0 amide bonds. The van der Waals surface area contributed by atoms with Crippen LogP contribution in [0.3, 0.4) is 0 Å². The van der Waals surface area contributed by atoms with Crippen molar-refractivity contribution in [3.05, 3.63) is 33.8 Å². The lowest BCUT2D eigenvalue weighted by Crippen LogP contribution is -2.04. The van der Waals surface area contributed by atoms with Crippen molar-refractivity contribution in [2.75, 3.05) is 0 Å². The summed E-state index contributed by atoms with van der Waals surface area (Å²) in [6.45, 7) is -0.456. The number of carboxylic acid groups (broad SMARTS) is 1. The standard InChI is InChI=1S/C9H6ClNO3/c10-8-2-1-5(9(13)14)6(3-11)7(8)4-12/h1-2,12H,4H2,(H,13,14). The third-order valence-corrected chi connectivity index (χ3v) is 2.11. The highest BCUT2D eigenvalue weighted by atomic mass is 35.5. The van der Waals surface area contributed by atoms with Gasteiger partial charge in [0.05, 0.1) is 17.7 Å². The number of nitrogens with zero attached hydrogens (tertiary/aromatic N) is 1. The molecule has 0 radical (unpaired) electrons. The predicted octanol–water partition coefficient (Wildman–Crippen LogP) is 1.40. The highest BCUT2D eigenvalue weighted by molar-refractivity contribution is 6.31. The first-order chi connectivity index (χ1) is 6.61. The lowest BCUT2D eigenvalue weighted by molar-refractivity contribution is 0.0696. The SMILES string of the molecule is N#Cc1c(C(=O)O)ccc(Cl)c1CO. The number of rotatable bonds is 2. The maximum absolute atomic E-state index is 10.7. The number of benzene rings is 1. The van der Waals surface area contributed by atoms with Gasteiger partial charge < -0.3 is 10.2 Å². The van der Waals surface area contributed by atoms with E-state index in [0.717, 1.165) is 0 Å². The molecule has 0 aliphatic carbocycles. The summed E-state index contributed by atoms with van der Waals surface area (Å²) >= 11 is 5.68. The van der Waals surface area contributed by atoms with Crippen molar-refractivity contribution in [1.82, 2.24) is 0 Å². The summed E-state index contributed by atoms with van der Waals surface area (Å²) in [5.74, 6) is -1.21. The molecule has 2 N–H and O–H groups in total. The van der Waals surface area contributed by atoms with Crippen molar-refractivity contribution in [2.24, 2.45) is 0 Å². The summed E-state index contributed by atoms with van der Waals surface area (Å²) in [5, 5.41) is 26.5. The monoisotopic (exact) mass is 211 g/mol. The maximum atomic E-state index is 10.7. The van der Waals surface area contributed by atoms with Gasteiger partial charge in [-0.2, -0.15) is 5.26 Å². The Labute approximate surface area is 85.0 Å².